The van der Waals surface area contributed by atoms with Gasteiger partial charge in [-0.05, 0) is 13.8 Å². The molecule has 0 heterocycles. The van der Waals surface area contributed by atoms with Crippen molar-refractivity contribution in [2.75, 3.05) is 13.6 Å². The van der Waals surface area contributed by atoms with Crippen LogP contribution in [0.1, 0.15) is 13.8 Å². The summed E-state index contributed by atoms with van der Waals surface area (Å²) in [6, 6.07) is -0.433. The molecule has 5 nitrogen and oxygen atoms in total. The molecule has 0 aliphatic heterocycles. The quantitative estimate of drug-likeness (QED) is 0.655. The van der Waals surface area contributed by atoms with Crippen LogP contribution in [0.2, 0.25) is 0 Å². The van der Waals surface area contributed by atoms with Crippen molar-refractivity contribution < 1.29 is 14.7 Å². The molecule has 0 fully saturated rings. The Bertz CT molecular complexity index is 248. The number of carbonyl (C=O) groups excluding carboxylic acids is 1. The first-order valence-electron chi connectivity index (χ1n) is 4.19. The van der Waals surface area contributed by atoms with Gasteiger partial charge in [0.05, 0.1) is 0 Å². The van der Waals surface area contributed by atoms with Gasteiger partial charge in [-0.15, -0.1) is 6.58 Å². The minimum absolute atomic E-state index is 0.377. The fraction of sp³-hybridized carbons (Fsp3) is 0.556. The highest BCUT2D eigenvalue weighted by Gasteiger charge is 2.29. The molecule has 0 aromatic heterocycles. The van der Waals surface area contributed by atoms with Crippen LogP contribution in [-0.2, 0) is 4.79 Å². The van der Waals surface area contributed by atoms with Crippen LogP contribution in [0.25, 0.3) is 0 Å². The second-order valence-corrected chi connectivity index (χ2v) is 3.53. The van der Waals surface area contributed by atoms with E-state index in [4.69, 9.17) is 5.11 Å². The summed E-state index contributed by atoms with van der Waals surface area (Å²) in [5, 5.41) is 11.1. The SMILES string of the molecule is C=CCN(C)C(=O)NC(C)(C)C(=O)O. The number of hydrogen-bond donors (Lipinski definition) is 2. The topological polar surface area (TPSA) is 69.6 Å². The van der Waals surface area contributed by atoms with Gasteiger partial charge < -0.3 is 15.3 Å². The summed E-state index contributed by atoms with van der Waals surface area (Å²) < 4.78 is 0. The number of amides is 2. The molecular weight excluding hydrogens is 184 g/mol. The maximum Gasteiger partial charge on any atom is 0.328 e. The Hall–Kier alpha value is -1.52. The lowest BCUT2D eigenvalue weighted by Crippen LogP contribution is -2.53. The number of carboxylic acid groups (broad SMARTS) is 1. The van der Waals surface area contributed by atoms with E-state index in [1.165, 1.54) is 18.7 Å². The maximum atomic E-state index is 11.4. The molecule has 0 aromatic rings. The van der Waals surface area contributed by atoms with Gasteiger partial charge in [0.15, 0.2) is 0 Å². The van der Waals surface area contributed by atoms with E-state index in [2.05, 4.69) is 11.9 Å². The van der Waals surface area contributed by atoms with Gasteiger partial charge in [-0.3, -0.25) is 0 Å². The van der Waals surface area contributed by atoms with Crippen molar-refractivity contribution in [3.05, 3.63) is 12.7 Å². The molecule has 0 bridgehead atoms. The minimum atomic E-state index is -1.26. The van der Waals surface area contributed by atoms with Crippen LogP contribution in [0.5, 0.6) is 0 Å². The summed E-state index contributed by atoms with van der Waals surface area (Å²) in [4.78, 5) is 23.4. The van der Waals surface area contributed by atoms with Crippen molar-refractivity contribution in [3.63, 3.8) is 0 Å². The molecule has 5 heteroatoms. The third kappa shape index (κ3) is 3.47. The predicted molar refractivity (Wildman–Crippen MR) is 53.1 cm³/mol. The number of nitrogens with one attached hydrogen (secondary N) is 1. The van der Waals surface area contributed by atoms with Crippen molar-refractivity contribution in [1.82, 2.24) is 10.2 Å². The van der Waals surface area contributed by atoms with E-state index in [-0.39, 0.29) is 0 Å². The van der Waals surface area contributed by atoms with Gasteiger partial charge >= 0.3 is 12.0 Å². The molecule has 2 amide bonds. The van der Waals surface area contributed by atoms with Crippen molar-refractivity contribution in [3.8, 4) is 0 Å². The molecule has 0 atom stereocenters. The number of urea groups is 1. The molecule has 0 saturated carbocycles. The Kier molecular flexibility index (Phi) is 4.14. The standard InChI is InChI=1S/C9H16N2O3/c1-5-6-11(4)8(14)10-9(2,3)7(12)13/h5H,1,6H2,2-4H3,(H,10,14)(H,12,13). The number of rotatable bonds is 4. The predicted octanol–water partition coefficient (Wildman–Crippen LogP) is 0.677. The van der Waals surface area contributed by atoms with E-state index < -0.39 is 17.5 Å². The highest BCUT2D eigenvalue weighted by atomic mass is 16.4. The van der Waals surface area contributed by atoms with Crippen LogP contribution >= 0.6 is 0 Å². The van der Waals surface area contributed by atoms with Crippen LogP contribution in [0.4, 0.5) is 4.79 Å². The van der Waals surface area contributed by atoms with Crippen LogP contribution in [-0.4, -0.2) is 41.1 Å². The first-order chi connectivity index (χ1) is 6.31. The Morgan fingerprint density at radius 3 is 2.43 bits per heavy atom. The third-order valence-corrected chi connectivity index (χ3v) is 1.70. The number of likely N-dealkylation sites (N-methyl/N-ethyl adjacent to an activating group) is 1. The van der Waals surface area contributed by atoms with Crippen LogP contribution < -0.4 is 5.32 Å². The molecule has 0 aliphatic carbocycles. The second-order valence-electron chi connectivity index (χ2n) is 3.53. The van der Waals surface area contributed by atoms with Crippen molar-refractivity contribution in [2.45, 2.75) is 19.4 Å². The van der Waals surface area contributed by atoms with E-state index >= 15 is 0 Å². The van der Waals surface area contributed by atoms with E-state index in [1.807, 2.05) is 0 Å². The van der Waals surface area contributed by atoms with E-state index in [9.17, 15) is 9.59 Å². The second kappa shape index (κ2) is 4.64. The van der Waals surface area contributed by atoms with Gasteiger partial charge in [0.25, 0.3) is 0 Å². The zero-order valence-corrected chi connectivity index (χ0v) is 8.70. The molecule has 0 aliphatic rings. The molecular formula is C9H16N2O3. The highest BCUT2D eigenvalue weighted by molar-refractivity contribution is 5.85. The lowest BCUT2D eigenvalue weighted by molar-refractivity contribution is -0.143. The minimum Gasteiger partial charge on any atom is -0.480 e. The lowest BCUT2D eigenvalue weighted by atomic mass is 10.1. The summed E-state index contributed by atoms with van der Waals surface area (Å²) in [5.41, 5.74) is -1.26. The summed E-state index contributed by atoms with van der Waals surface area (Å²) in [6.07, 6.45) is 1.56. The molecule has 0 spiro atoms. The number of carbonyl (C=O) groups is 2. The monoisotopic (exact) mass is 200 g/mol. The average molecular weight is 200 g/mol. The average Bonchev–Trinajstić information content (AvgIpc) is 2.03. The molecule has 0 aromatic carbocycles. The first kappa shape index (κ1) is 12.5. The summed E-state index contributed by atoms with van der Waals surface area (Å²) in [5.74, 6) is -1.07. The van der Waals surface area contributed by atoms with Crippen LogP contribution in [0.15, 0.2) is 12.7 Å². The first-order valence-corrected chi connectivity index (χ1v) is 4.19. The van der Waals surface area contributed by atoms with Crippen molar-refractivity contribution in [1.29, 1.82) is 0 Å². The van der Waals surface area contributed by atoms with Crippen molar-refractivity contribution in [2.24, 2.45) is 0 Å². The van der Waals surface area contributed by atoms with Crippen LogP contribution in [0.3, 0.4) is 0 Å². The Morgan fingerprint density at radius 2 is 2.07 bits per heavy atom. The normalized spacial score (nSPS) is 10.5. The Labute approximate surface area is 83.4 Å². The fourth-order valence-corrected chi connectivity index (χ4v) is 0.693. The summed E-state index contributed by atoms with van der Waals surface area (Å²) in [7, 11) is 1.56. The highest BCUT2D eigenvalue weighted by Crippen LogP contribution is 2.02. The molecule has 0 unspecified atom stereocenters. The fourth-order valence-electron chi connectivity index (χ4n) is 0.693. The molecule has 14 heavy (non-hydrogen) atoms. The number of nitrogens with zero attached hydrogens (tertiary/aromatic N) is 1. The van der Waals surface area contributed by atoms with E-state index in [1.54, 1.807) is 13.1 Å². The molecule has 0 rings (SSSR count). The van der Waals surface area contributed by atoms with Gasteiger partial charge in [0, 0.05) is 13.6 Å². The van der Waals surface area contributed by atoms with E-state index in [0.717, 1.165) is 0 Å². The zero-order chi connectivity index (χ0) is 11.4. The van der Waals surface area contributed by atoms with Gasteiger partial charge in [0.2, 0.25) is 0 Å². The molecule has 2 N–H and O–H groups in total. The Morgan fingerprint density at radius 1 is 1.57 bits per heavy atom. The van der Waals surface area contributed by atoms with Crippen LogP contribution in [0, 0.1) is 0 Å². The zero-order valence-electron chi connectivity index (χ0n) is 8.70. The largest absolute Gasteiger partial charge is 0.480 e. The number of carboxylic acids is 1. The van der Waals surface area contributed by atoms with Gasteiger partial charge in [-0.2, -0.15) is 0 Å². The summed E-state index contributed by atoms with van der Waals surface area (Å²) in [6.45, 7) is 6.70. The lowest BCUT2D eigenvalue weighted by Gasteiger charge is -2.24. The van der Waals surface area contributed by atoms with Crippen molar-refractivity contribution >= 4 is 12.0 Å². The number of aliphatic carboxylic acids is 1. The smallest absolute Gasteiger partial charge is 0.328 e. The molecule has 0 radical (unpaired) electrons. The third-order valence-electron chi connectivity index (χ3n) is 1.70. The molecule has 0 saturated heterocycles. The number of hydrogen-bond acceptors (Lipinski definition) is 2. The maximum absolute atomic E-state index is 11.4. The van der Waals surface area contributed by atoms with Gasteiger partial charge in [-0.25, -0.2) is 9.59 Å². The Balaban J connectivity index is 4.31. The van der Waals surface area contributed by atoms with Gasteiger partial charge in [-0.1, -0.05) is 6.08 Å². The van der Waals surface area contributed by atoms with Gasteiger partial charge in [0.1, 0.15) is 5.54 Å². The molecule has 80 valence electrons. The summed E-state index contributed by atoms with van der Waals surface area (Å²) >= 11 is 0. The van der Waals surface area contributed by atoms with E-state index in [0.29, 0.717) is 6.54 Å².